The number of nitrogens with one attached hydrogen (secondary N) is 2. The topological polar surface area (TPSA) is 124 Å². The number of aromatic amines is 1. The predicted octanol–water partition coefficient (Wildman–Crippen LogP) is 7.49. The lowest BCUT2D eigenvalue weighted by molar-refractivity contribution is -0.156. The van der Waals surface area contributed by atoms with Crippen LogP contribution in [-0.4, -0.2) is 64.9 Å². The number of hydrogen-bond donors (Lipinski definition) is 4. The van der Waals surface area contributed by atoms with Crippen molar-refractivity contribution >= 4 is 16.9 Å². The minimum atomic E-state index is -0.907. The van der Waals surface area contributed by atoms with Crippen molar-refractivity contribution in [2.24, 2.45) is 0 Å². The summed E-state index contributed by atoms with van der Waals surface area (Å²) in [4.78, 5) is 30.6. The maximum atomic E-state index is 13.9. The lowest BCUT2D eigenvalue weighted by atomic mass is 9.74. The Hall–Kier alpha value is -4.18. The number of fused-ring (bicyclic) bond motifs is 3. The van der Waals surface area contributed by atoms with E-state index in [2.05, 4.69) is 22.2 Å². The minimum Gasteiger partial charge on any atom is -0.506 e. The van der Waals surface area contributed by atoms with Gasteiger partial charge < -0.3 is 34.9 Å². The first-order chi connectivity index (χ1) is 24.8. The SMILES string of the molecule is CN(CCCCCCCCCNC[C@H](O)c1ccc(O)c2[nH]c(=O)ccc12)[C@H]1CC[C@H](OC(=O)C2(C)c3ccccc3Oc3ccccc32)CC1. The summed E-state index contributed by atoms with van der Waals surface area (Å²) in [6.07, 6.45) is 11.4. The molecule has 0 bridgehead atoms. The number of carbonyl (C=O) groups excluding carboxylic acids is 1. The quantitative estimate of drug-likeness (QED) is 0.0703. The maximum absolute atomic E-state index is 13.9. The predicted molar refractivity (Wildman–Crippen MR) is 201 cm³/mol. The second kappa shape index (κ2) is 16.9. The smallest absolute Gasteiger partial charge is 0.321 e. The fraction of sp³-hybridized carbons (Fsp3) is 0.476. The van der Waals surface area contributed by atoms with E-state index < -0.39 is 11.5 Å². The van der Waals surface area contributed by atoms with Crippen molar-refractivity contribution in [3.63, 3.8) is 0 Å². The summed E-state index contributed by atoms with van der Waals surface area (Å²) in [6, 6.07) is 22.4. The highest BCUT2D eigenvalue weighted by molar-refractivity contribution is 5.90. The number of carbonyl (C=O) groups is 1. The Balaban J connectivity index is 0.825. The lowest BCUT2D eigenvalue weighted by Gasteiger charge is -2.38. The number of aliphatic hydroxyl groups excluding tert-OH is 1. The summed E-state index contributed by atoms with van der Waals surface area (Å²) >= 11 is 0. The van der Waals surface area contributed by atoms with E-state index in [1.165, 1.54) is 44.2 Å². The van der Waals surface area contributed by atoms with Gasteiger partial charge in [0.05, 0.1) is 11.6 Å². The van der Waals surface area contributed by atoms with Crippen LogP contribution >= 0.6 is 0 Å². The van der Waals surface area contributed by atoms with Gasteiger partial charge in [-0.05, 0) is 95.4 Å². The zero-order valence-electron chi connectivity index (χ0n) is 30.0. The number of hydrogen-bond acceptors (Lipinski definition) is 8. The van der Waals surface area contributed by atoms with Crippen LogP contribution in [-0.2, 0) is 14.9 Å². The van der Waals surface area contributed by atoms with E-state index in [9.17, 15) is 19.8 Å². The number of aromatic nitrogens is 1. The number of phenols is 1. The summed E-state index contributed by atoms with van der Waals surface area (Å²) < 4.78 is 12.4. The lowest BCUT2D eigenvalue weighted by Crippen LogP contribution is -2.42. The molecular formula is C42H53N3O6. The van der Waals surface area contributed by atoms with Crippen LogP contribution in [0.3, 0.4) is 0 Å². The molecule has 2 heterocycles. The summed E-state index contributed by atoms with van der Waals surface area (Å²) in [5.74, 6) is 1.23. The van der Waals surface area contributed by atoms with Gasteiger partial charge in [-0.15, -0.1) is 0 Å². The zero-order chi connectivity index (χ0) is 35.8. The Morgan fingerprint density at radius 3 is 2.22 bits per heavy atom. The largest absolute Gasteiger partial charge is 0.506 e. The fourth-order valence-electron chi connectivity index (χ4n) is 7.87. The van der Waals surface area contributed by atoms with Crippen molar-refractivity contribution in [1.82, 2.24) is 15.2 Å². The van der Waals surface area contributed by atoms with Gasteiger partial charge in [0.1, 0.15) is 28.8 Å². The van der Waals surface area contributed by atoms with E-state index in [4.69, 9.17) is 9.47 Å². The summed E-state index contributed by atoms with van der Waals surface area (Å²) in [6.45, 7) is 4.32. The number of benzene rings is 3. The average Bonchev–Trinajstić information content (AvgIpc) is 3.14. The monoisotopic (exact) mass is 695 g/mol. The molecule has 1 saturated carbocycles. The van der Waals surface area contributed by atoms with Crippen molar-refractivity contribution in [2.45, 2.75) is 101 Å². The van der Waals surface area contributed by atoms with Crippen LogP contribution in [0.15, 0.2) is 77.6 Å². The van der Waals surface area contributed by atoms with Gasteiger partial charge in [-0.1, -0.05) is 74.6 Å². The van der Waals surface area contributed by atoms with Gasteiger partial charge in [-0.2, -0.15) is 0 Å². The molecule has 4 aromatic rings. The van der Waals surface area contributed by atoms with Crippen molar-refractivity contribution in [3.05, 3.63) is 99.8 Å². The fourth-order valence-corrected chi connectivity index (χ4v) is 7.87. The molecule has 1 aliphatic carbocycles. The van der Waals surface area contributed by atoms with Crippen LogP contribution < -0.4 is 15.6 Å². The molecule has 0 unspecified atom stereocenters. The zero-order valence-corrected chi connectivity index (χ0v) is 30.0. The van der Waals surface area contributed by atoms with Gasteiger partial charge in [0.15, 0.2) is 0 Å². The number of esters is 1. The summed E-state index contributed by atoms with van der Waals surface area (Å²) in [5, 5.41) is 24.8. The molecule has 1 aromatic heterocycles. The van der Waals surface area contributed by atoms with Gasteiger partial charge in [-0.3, -0.25) is 9.59 Å². The van der Waals surface area contributed by atoms with Gasteiger partial charge >= 0.3 is 5.97 Å². The van der Waals surface area contributed by atoms with E-state index in [1.54, 1.807) is 12.1 Å². The molecule has 51 heavy (non-hydrogen) atoms. The van der Waals surface area contributed by atoms with Crippen LogP contribution in [0.2, 0.25) is 0 Å². The Bertz CT molecular complexity index is 1790. The molecule has 272 valence electrons. The molecule has 9 nitrogen and oxygen atoms in total. The number of ether oxygens (including phenoxy) is 2. The van der Waals surface area contributed by atoms with E-state index in [1.807, 2.05) is 55.5 Å². The second-order valence-corrected chi connectivity index (χ2v) is 14.5. The standard InChI is InChI=1S/C42H53N3O6/c1-42(33-14-8-10-16-37(33)51-38-17-11-9-15-34(38)42)41(49)50-30-20-18-29(19-21-30)45(2)27-13-7-5-3-4-6-12-26-43-28-36(47)31-22-24-35(46)40-32(31)23-25-39(48)44-40/h8-11,14-17,22-25,29-30,36,43,46-47H,3-7,12-13,18-21,26-28H2,1-2H3,(H,44,48)/t29-,30-,36-/m0/s1. The molecule has 9 heteroatoms. The van der Waals surface area contributed by atoms with E-state index >= 15 is 0 Å². The van der Waals surface area contributed by atoms with Crippen LogP contribution in [0.5, 0.6) is 17.2 Å². The molecule has 1 fully saturated rings. The molecule has 0 amide bonds. The van der Waals surface area contributed by atoms with Gasteiger partial charge in [0.2, 0.25) is 5.56 Å². The van der Waals surface area contributed by atoms with Crippen LogP contribution in [0.1, 0.15) is 100 Å². The Labute approximate surface area is 301 Å². The van der Waals surface area contributed by atoms with Gasteiger partial charge in [-0.25, -0.2) is 0 Å². The van der Waals surface area contributed by atoms with Crippen molar-refractivity contribution in [2.75, 3.05) is 26.7 Å². The molecule has 6 rings (SSSR count). The number of para-hydroxylation sites is 2. The molecule has 1 aliphatic heterocycles. The number of phenolic OH excluding ortho intramolecular Hbond substituents is 1. The molecular weight excluding hydrogens is 642 g/mol. The number of aliphatic hydroxyl groups is 1. The third-order valence-electron chi connectivity index (χ3n) is 11.0. The Morgan fingerprint density at radius 2 is 1.53 bits per heavy atom. The van der Waals surface area contributed by atoms with Crippen LogP contribution in [0.4, 0.5) is 0 Å². The molecule has 1 atom stereocenters. The van der Waals surface area contributed by atoms with Crippen molar-refractivity contribution in [1.29, 1.82) is 0 Å². The maximum Gasteiger partial charge on any atom is 0.321 e. The first kappa shape index (κ1) is 36.6. The van der Waals surface area contributed by atoms with E-state index in [-0.39, 0.29) is 23.4 Å². The average molecular weight is 696 g/mol. The molecule has 0 radical (unpaired) electrons. The van der Waals surface area contributed by atoms with Gasteiger partial charge in [0, 0.05) is 35.2 Å². The Kier molecular flexibility index (Phi) is 12.1. The van der Waals surface area contributed by atoms with Crippen LogP contribution in [0.25, 0.3) is 10.9 Å². The summed E-state index contributed by atoms with van der Waals surface area (Å²) in [5.41, 5.74) is 1.56. The third-order valence-corrected chi connectivity index (χ3v) is 11.0. The molecule has 0 spiro atoms. The molecule has 2 aliphatic rings. The van der Waals surface area contributed by atoms with Crippen LogP contribution in [0, 0.1) is 0 Å². The summed E-state index contributed by atoms with van der Waals surface area (Å²) in [7, 11) is 2.24. The van der Waals surface area contributed by atoms with Gasteiger partial charge in [0.25, 0.3) is 0 Å². The molecule has 3 aromatic carbocycles. The number of aromatic hydroxyl groups is 1. The molecule has 0 saturated heterocycles. The normalized spacial score (nSPS) is 18.5. The second-order valence-electron chi connectivity index (χ2n) is 14.5. The highest BCUT2D eigenvalue weighted by Gasteiger charge is 2.46. The number of pyridine rings is 1. The highest BCUT2D eigenvalue weighted by atomic mass is 16.5. The first-order valence-electron chi connectivity index (χ1n) is 18.8. The van der Waals surface area contributed by atoms with E-state index in [0.29, 0.717) is 40.6 Å². The number of rotatable bonds is 16. The highest BCUT2D eigenvalue weighted by Crippen LogP contribution is 2.48. The number of H-pyrrole nitrogens is 1. The Morgan fingerprint density at radius 1 is 0.902 bits per heavy atom. The first-order valence-corrected chi connectivity index (χ1v) is 18.8. The molecule has 4 N–H and O–H groups in total. The van der Waals surface area contributed by atoms with Crippen molar-refractivity contribution < 1.29 is 24.5 Å². The third kappa shape index (κ3) is 8.49. The minimum absolute atomic E-state index is 0.00213. The van der Waals surface area contributed by atoms with E-state index in [0.717, 1.165) is 62.7 Å². The number of unbranched alkanes of at least 4 members (excludes halogenated alkanes) is 6. The van der Waals surface area contributed by atoms with Crippen molar-refractivity contribution in [3.8, 4) is 17.2 Å². The number of nitrogens with zero attached hydrogens (tertiary/aromatic N) is 1.